The zero-order chi connectivity index (χ0) is 19.3. The second kappa shape index (κ2) is 7.80. The number of rotatable bonds is 5. The first-order chi connectivity index (χ1) is 13.7. The molecule has 2 N–H and O–H groups in total. The molecule has 1 heterocycles. The number of fused-ring (bicyclic) bond motifs is 1. The van der Waals surface area contributed by atoms with E-state index in [0.29, 0.717) is 17.0 Å². The molecule has 28 heavy (non-hydrogen) atoms. The highest BCUT2D eigenvalue weighted by Crippen LogP contribution is 2.23. The van der Waals surface area contributed by atoms with Gasteiger partial charge in [0.2, 0.25) is 5.56 Å². The van der Waals surface area contributed by atoms with Crippen LogP contribution in [-0.2, 0) is 0 Å². The number of hydrogen-bond donors (Lipinski definition) is 2. The van der Waals surface area contributed by atoms with Crippen LogP contribution in [0, 0.1) is 0 Å². The minimum atomic E-state index is -0.198. The van der Waals surface area contributed by atoms with Gasteiger partial charge in [-0.3, -0.25) is 4.79 Å². The van der Waals surface area contributed by atoms with E-state index in [1.54, 1.807) is 12.1 Å². The van der Waals surface area contributed by atoms with Crippen LogP contribution in [0.25, 0.3) is 22.0 Å². The summed E-state index contributed by atoms with van der Waals surface area (Å²) in [5, 5.41) is 13.7. The Kier molecular flexibility index (Phi) is 4.89. The SMILES string of the molecule is O=c1ccc2cccc(OC/C(=N\O)c3ccc(-c4ccccc4)cc3)c2[nH]1. The fourth-order valence-corrected chi connectivity index (χ4v) is 3.07. The molecule has 138 valence electrons. The van der Waals surface area contributed by atoms with Crippen LogP contribution in [-0.4, -0.2) is 22.5 Å². The van der Waals surface area contributed by atoms with Crippen molar-refractivity contribution < 1.29 is 9.94 Å². The first-order valence-corrected chi connectivity index (χ1v) is 8.86. The van der Waals surface area contributed by atoms with Gasteiger partial charge in [-0.05, 0) is 23.3 Å². The summed E-state index contributed by atoms with van der Waals surface area (Å²) in [5.74, 6) is 0.525. The summed E-state index contributed by atoms with van der Waals surface area (Å²) < 4.78 is 5.84. The van der Waals surface area contributed by atoms with E-state index in [4.69, 9.17) is 4.74 Å². The Morgan fingerprint density at radius 2 is 1.61 bits per heavy atom. The van der Waals surface area contributed by atoms with Gasteiger partial charge in [0, 0.05) is 17.0 Å². The average molecular weight is 370 g/mol. The summed E-state index contributed by atoms with van der Waals surface area (Å²) >= 11 is 0. The van der Waals surface area contributed by atoms with Gasteiger partial charge in [-0.1, -0.05) is 71.9 Å². The number of nitrogens with zero attached hydrogens (tertiary/aromatic N) is 1. The predicted octanol–water partition coefficient (Wildman–Crippen LogP) is 4.45. The first-order valence-electron chi connectivity index (χ1n) is 8.86. The maximum atomic E-state index is 11.6. The minimum absolute atomic E-state index is 0.0667. The normalized spacial score (nSPS) is 11.5. The molecule has 0 aliphatic rings. The molecule has 0 fully saturated rings. The highest BCUT2D eigenvalue weighted by Gasteiger charge is 2.09. The minimum Gasteiger partial charge on any atom is -0.485 e. The highest BCUT2D eigenvalue weighted by molar-refractivity contribution is 6.01. The van der Waals surface area contributed by atoms with Gasteiger partial charge < -0.3 is 14.9 Å². The van der Waals surface area contributed by atoms with E-state index in [1.807, 2.05) is 66.7 Å². The monoisotopic (exact) mass is 370 g/mol. The van der Waals surface area contributed by atoms with Crippen molar-refractivity contribution in [2.75, 3.05) is 6.61 Å². The molecule has 0 amide bonds. The van der Waals surface area contributed by atoms with E-state index < -0.39 is 0 Å². The van der Waals surface area contributed by atoms with E-state index in [-0.39, 0.29) is 12.2 Å². The van der Waals surface area contributed by atoms with Crippen molar-refractivity contribution >= 4 is 16.6 Å². The maximum Gasteiger partial charge on any atom is 0.248 e. The summed E-state index contributed by atoms with van der Waals surface area (Å²) in [6, 6.07) is 26.5. The summed E-state index contributed by atoms with van der Waals surface area (Å²) in [6.07, 6.45) is 0. The number of para-hydroxylation sites is 1. The largest absolute Gasteiger partial charge is 0.485 e. The van der Waals surface area contributed by atoms with Crippen molar-refractivity contribution in [2.45, 2.75) is 0 Å². The lowest BCUT2D eigenvalue weighted by Gasteiger charge is -2.11. The topological polar surface area (TPSA) is 74.7 Å². The Hall–Kier alpha value is -3.86. The van der Waals surface area contributed by atoms with Gasteiger partial charge in [0.1, 0.15) is 18.1 Å². The fourth-order valence-electron chi connectivity index (χ4n) is 3.07. The quantitative estimate of drug-likeness (QED) is 0.310. The molecular weight excluding hydrogens is 352 g/mol. The predicted molar refractivity (Wildman–Crippen MR) is 110 cm³/mol. The van der Waals surface area contributed by atoms with Crippen molar-refractivity contribution in [1.29, 1.82) is 0 Å². The Bertz CT molecular complexity index is 1180. The van der Waals surface area contributed by atoms with Gasteiger partial charge in [0.25, 0.3) is 0 Å². The third-order valence-corrected chi connectivity index (χ3v) is 4.53. The number of aromatic nitrogens is 1. The second-order valence-corrected chi connectivity index (χ2v) is 6.32. The smallest absolute Gasteiger partial charge is 0.248 e. The molecule has 4 rings (SSSR count). The first kappa shape index (κ1) is 17.5. The molecule has 0 bridgehead atoms. The van der Waals surface area contributed by atoms with Gasteiger partial charge in [-0.15, -0.1) is 0 Å². The summed E-state index contributed by atoms with van der Waals surface area (Å²) in [5.41, 5.74) is 3.77. The van der Waals surface area contributed by atoms with Crippen LogP contribution in [0.3, 0.4) is 0 Å². The maximum absolute atomic E-state index is 11.6. The van der Waals surface area contributed by atoms with Crippen LogP contribution >= 0.6 is 0 Å². The van der Waals surface area contributed by atoms with Gasteiger partial charge >= 0.3 is 0 Å². The molecule has 3 aromatic carbocycles. The standard InChI is InChI=1S/C23H18N2O3/c26-22-14-13-19-7-4-8-21(23(19)24-22)28-15-20(25-27)18-11-9-17(10-12-18)16-5-2-1-3-6-16/h1-14,27H,15H2,(H,24,26)/b25-20+. The van der Waals surface area contributed by atoms with Crippen LogP contribution in [0.5, 0.6) is 5.75 Å². The van der Waals surface area contributed by atoms with Crippen LogP contribution in [0.15, 0.2) is 94.9 Å². The Morgan fingerprint density at radius 3 is 2.36 bits per heavy atom. The van der Waals surface area contributed by atoms with Crippen molar-refractivity contribution in [3.8, 4) is 16.9 Å². The van der Waals surface area contributed by atoms with E-state index in [9.17, 15) is 10.0 Å². The summed E-state index contributed by atoms with van der Waals surface area (Å²) in [7, 11) is 0. The molecule has 0 saturated heterocycles. The zero-order valence-electron chi connectivity index (χ0n) is 15.0. The molecule has 0 radical (unpaired) electrons. The lowest BCUT2D eigenvalue weighted by Crippen LogP contribution is -2.14. The molecule has 0 unspecified atom stereocenters. The van der Waals surface area contributed by atoms with Gasteiger partial charge in [0.05, 0.1) is 5.52 Å². The third kappa shape index (κ3) is 3.64. The van der Waals surface area contributed by atoms with Gasteiger partial charge in [0.15, 0.2) is 0 Å². The molecule has 0 aliphatic heterocycles. The lowest BCUT2D eigenvalue weighted by atomic mass is 10.0. The molecule has 0 aliphatic carbocycles. The molecule has 5 heteroatoms. The molecule has 4 aromatic rings. The molecule has 0 saturated carbocycles. The number of hydrogen-bond acceptors (Lipinski definition) is 4. The van der Waals surface area contributed by atoms with E-state index >= 15 is 0 Å². The van der Waals surface area contributed by atoms with Crippen LogP contribution in [0.1, 0.15) is 5.56 Å². The van der Waals surface area contributed by atoms with Crippen molar-refractivity contribution in [3.05, 3.63) is 101 Å². The van der Waals surface area contributed by atoms with E-state index in [2.05, 4.69) is 10.1 Å². The number of aromatic amines is 1. The number of pyridine rings is 1. The van der Waals surface area contributed by atoms with E-state index in [1.165, 1.54) is 6.07 Å². The number of benzene rings is 3. The Morgan fingerprint density at radius 1 is 0.857 bits per heavy atom. The van der Waals surface area contributed by atoms with Gasteiger partial charge in [-0.25, -0.2) is 0 Å². The van der Waals surface area contributed by atoms with Crippen molar-refractivity contribution in [1.82, 2.24) is 4.98 Å². The van der Waals surface area contributed by atoms with E-state index in [0.717, 1.165) is 22.1 Å². The number of oxime groups is 1. The summed E-state index contributed by atoms with van der Waals surface area (Å²) in [6.45, 7) is 0.0667. The average Bonchev–Trinajstić information content (AvgIpc) is 2.75. The van der Waals surface area contributed by atoms with Crippen molar-refractivity contribution in [3.63, 3.8) is 0 Å². The second-order valence-electron chi connectivity index (χ2n) is 6.32. The van der Waals surface area contributed by atoms with Crippen LogP contribution in [0.2, 0.25) is 0 Å². The number of nitrogens with one attached hydrogen (secondary N) is 1. The Labute approximate surface area is 161 Å². The van der Waals surface area contributed by atoms with Crippen LogP contribution in [0.4, 0.5) is 0 Å². The Balaban J connectivity index is 1.55. The number of ether oxygens (including phenoxy) is 1. The lowest BCUT2D eigenvalue weighted by molar-refractivity contribution is 0.308. The molecule has 0 spiro atoms. The molecule has 1 aromatic heterocycles. The fraction of sp³-hybridized carbons (Fsp3) is 0.0435. The van der Waals surface area contributed by atoms with Crippen molar-refractivity contribution in [2.24, 2.45) is 5.16 Å². The molecule has 5 nitrogen and oxygen atoms in total. The highest BCUT2D eigenvalue weighted by atomic mass is 16.5. The molecule has 0 atom stereocenters. The molecular formula is C23H18N2O3. The summed E-state index contributed by atoms with van der Waals surface area (Å²) in [4.78, 5) is 14.4. The third-order valence-electron chi connectivity index (χ3n) is 4.53. The number of H-pyrrole nitrogens is 1. The van der Waals surface area contributed by atoms with Crippen LogP contribution < -0.4 is 10.3 Å². The zero-order valence-corrected chi connectivity index (χ0v) is 15.0. The van der Waals surface area contributed by atoms with Gasteiger partial charge in [-0.2, -0.15) is 0 Å².